The van der Waals surface area contributed by atoms with E-state index in [0.29, 0.717) is 18.8 Å². The van der Waals surface area contributed by atoms with E-state index in [9.17, 15) is 0 Å². The summed E-state index contributed by atoms with van der Waals surface area (Å²) in [7, 11) is 0. The minimum atomic E-state index is 0.00786. The number of epoxide rings is 1. The molecule has 2 aliphatic rings. The lowest BCUT2D eigenvalue weighted by atomic mass is 10.1. The molecule has 2 fully saturated rings. The van der Waals surface area contributed by atoms with Crippen molar-refractivity contribution in [3.05, 3.63) is 24.3 Å². The zero-order chi connectivity index (χ0) is 12.8. The highest BCUT2D eigenvalue weighted by Gasteiger charge is 2.36. The van der Waals surface area contributed by atoms with E-state index >= 15 is 0 Å². The minimum absolute atomic E-state index is 0.00786. The summed E-state index contributed by atoms with van der Waals surface area (Å²) in [4.78, 5) is 0. The summed E-state index contributed by atoms with van der Waals surface area (Å²) in [5.74, 6) is 0. The van der Waals surface area contributed by atoms with Gasteiger partial charge in [-0.05, 0) is 39.0 Å². The van der Waals surface area contributed by atoms with Crippen molar-refractivity contribution in [3.63, 3.8) is 0 Å². The van der Waals surface area contributed by atoms with E-state index in [2.05, 4.69) is 19.6 Å². The second-order valence-electron chi connectivity index (χ2n) is 5.12. The fourth-order valence-corrected chi connectivity index (χ4v) is 2.27. The third-order valence-electron chi connectivity index (χ3n) is 3.46. The molecule has 0 radical (unpaired) electrons. The molecular formula is C15H24O3. The average Bonchev–Trinajstić information content (AvgIpc) is 3.09. The maximum absolute atomic E-state index is 5.67. The van der Waals surface area contributed by atoms with Crippen LogP contribution in [0.2, 0.25) is 0 Å². The molecule has 102 valence electrons. The lowest BCUT2D eigenvalue weighted by Gasteiger charge is -2.22. The predicted octanol–water partition coefficient (Wildman–Crippen LogP) is 3.21. The van der Waals surface area contributed by atoms with Gasteiger partial charge in [0.05, 0.1) is 18.8 Å². The van der Waals surface area contributed by atoms with Gasteiger partial charge in [0.2, 0.25) is 0 Å². The Kier molecular flexibility index (Phi) is 5.42. The van der Waals surface area contributed by atoms with Gasteiger partial charge in [0.15, 0.2) is 6.29 Å². The van der Waals surface area contributed by atoms with E-state index in [1.807, 2.05) is 6.08 Å². The molecule has 0 aromatic rings. The lowest BCUT2D eigenvalue weighted by molar-refractivity contribution is -0.155. The average molecular weight is 252 g/mol. The van der Waals surface area contributed by atoms with E-state index in [4.69, 9.17) is 14.2 Å². The van der Waals surface area contributed by atoms with E-state index in [-0.39, 0.29) is 6.29 Å². The number of hydrogen-bond donors (Lipinski definition) is 0. The summed E-state index contributed by atoms with van der Waals surface area (Å²) < 4.78 is 16.7. The highest BCUT2D eigenvalue weighted by Crippen LogP contribution is 2.30. The highest BCUT2D eigenvalue weighted by molar-refractivity contribution is 5.05. The summed E-state index contributed by atoms with van der Waals surface area (Å²) in [5.41, 5.74) is 1.34. The van der Waals surface area contributed by atoms with E-state index in [0.717, 1.165) is 25.9 Å². The maximum Gasteiger partial charge on any atom is 0.157 e. The Hall–Kier alpha value is -0.640. The summed E-state index contributed by atoms with van der Waals surface area (Å²) >= 11 is 0. The molecule has 0 aromatic carbocycles. The van der Waals surface area contributed by atoms with Crippen molar-refractivity contribution in [2.24, 2.45) is 0 Å². The first kappa shape index (κ1) is 13.8. The first-order chi connectivity index (χ1) is 8.79. The number of rotatable bonds is 7. The second kappa shape index (κ2) is 7.07. The van der Waals surface area contributed by atoms with Crippen molar-refractivity contribution in [3.8, 4) is 0 Å². The SMILES string of the molecule is C=CCC1OC1C/C(C)=C/COC1CCCCO1. The van der Waals surface area contributed by atoms with Crippen molar-refractivity contribution >= 4 is 0 Å². The molecule has 3 atom stereocenters. The fraction of sp³-hybridized carbons (Fsp3) is 0.733. The summed E-state index contributed by atoms with van der Waals surface area (Å²) in [6.45, 7) is 7.35. The van der Waals surface area contributed by atoms with Gasteiger partial charge >= 0.3 is 0 Å². The Bertz CT molecular complexity index is 292. The third-order valence-corrected chi connectivity index (χ3v) is 3.46. The molecule has 0 aliphatic carbocycles. The zero-order valence-electron chi connectivity index (χ0n) is 11.3. The lowest BCUT2D eigenvalue weighted by Crippen LogP contribution is -2.22. The molecule has 0 spiro atoms. The Balaban J connectivity index is 1.59. The molecule has 18 heavy (non-hydrogen) atoms. The summed E-state index contributed by atoms with van der Waals surface area (Å²) in [6, 6.07) is 0. The van der Waals surface area contributed by atoms with Crippen LogP contribution < -0.4 is 0 Å². The van der Waals surface area contributed by atoms with Crippen LogP contribution in [0.5, 0.6) is 0 Å². The molecule has 3 heteroatoms. The third kappa shape index (κ3) is 4.56. The molecule has 2 heterocycles. The van der Waals surface area contributed by atoms with Crippen molar-refractivity contribution < 1.29 is 14.2 Å². The summed E-state index contributed by atoms with van der Waals surface area (Å²) in [6.07, 6.45) is 10.2. The van der Waals surface area contributed by atoms with Crippen molar-refractivity contribution in [1.82, 2.24) is 0 Å². The smallest absolute Gasteiger partial charge is 0.157 e. The van der Waals surface area contributed by atoms with Crippen LogP contribution in [0.1, 0.15) is 39.0 Å². The molecule has 2 rings (SSSR count). The van der Waals surface area contributed by atoms with Gasteiger partial charge in [-0.25, -0.2) is 0 Å². The molecule has 2 saturated heterocycles. The maximum atomic E-state index is 5.67. The topological polar surface area (TPSA) is 31.0 Å². The van der Waals surface area contributed by atoms with Crippen LogP contribution in [-0.4, -0.2) is 31.7 Å². The minimum Gasteiger partial charge on any atom is -0.369 e. The Morgan fingerprint density at radius 2 is 2.28 bits per heavy atom. The number of hydrogen-bond acceptors (Lipinski definition) is 3. The first-order valence-electron chi connectivity index (χ1n) is 6.95. The summed E-state index contributed by atoms with van der Waals surface area (Å²) in [5, 5.41) is 0. The molecule has 0 N–H and O–H groups in total. The van der Waals surface area contributed by atoms with E-state index < -0.39 is 0 Å². The van der Waals surface area contributed by atoms with Gasteiger partial charge in [-0.15, -0.1) is 6.58 Å². The van der Waals surface area contributed by atoms with Crippen LogP contribution in [0.3, 0.4) is 0 Å². The second-order valence-corrected chi connectivity index (χ2v) is 5.12. The van der Waals surface area contributed by atoms with Gasteiger partial charge in [0.25, 0.3) is 0 Å². The molecule has 0 amide bonds. The predicted molar refractivity (Wildman–Crippen MR) is 71.4 cm³/mol. The van der Waals surface area contributed by atoms with Gasteiger partial charge in [-0.1, -0.05) is 17.7 Å². The molecule has 0 saturated carbocycles. The highest BCUT2D eigenvalue weighted by atomic mass is 16.7. The van der Waals surface area contributed by atoms with Crippen molar-refractivity contribution in [2.75, 3.05) is 13.2 Å². The Labute approximate surface area is 110 Å². The molecule has 2 aliphatic heterocycles. The standard InChI is InChI=1S/C15H24O3/c1-3-6-13-14(18-13)11-12(2)8-10-17-15-7-4-5-9-16-15/h3,8,13-15H,1,4-7,9-11H2,2H3/b12-8+. The van der Waals surface area contributed by atoms with Gasteiger partial charge in [0.1, 0.15) is 0 Å². The van der Waals surface area contributed by atoms with Gasteiger partial charge in [-0.3, -0.25) is 0 Å². The quantitative estimate of drug-likeness (QED) is 0.515. The van der Waals surface area contributed by atoms with Crippen LogP contribution in [0, 0.1) is 0 Å². The van der Waals surface area contributed by atoms with E-state index in [1.165, 1.54) is 18.4 Å². The molecule has 0 bridgehead atoms. The number of ether oxygens (including phenoxy) is 3. The van der Waals surface area contributed by atoms with Gasteiger partial charge < -0.3 is 14.2 Å². The monoisotopic (exact) mass is 252 g/mol. The van der Waals surface area contributed by atoms with Crippen molar-refractivity contribution in [1.29, 1.82) is 0 Å². The normalized spacial score (nSPS) is 32.3. The molecule has 0 aromatic heterocycles. The van der Waals surface area contributed by atoms with Gasteiger partial charge in [0, 0.05) is 6.61 Å². The first-order valence-corrected chi connectivity index (χ1v) is 6.95. The largest absolute Gasteiger partial charge is 0.369 e. The van der Waals surface area contributed by atoms with Crippen LogP contribution in [0.25, 0.3) is 0 Å². The van der Waals surface area contributed by atoms with Crippen LogP contribution >= 0.6 is 0 Å². The molecular weight excluding hydrogens is 228 g/mol. The molecule has 3 unspecified atom stereocenters. The Morgan fingerprint density at radius 1 is 1.39 bits per heavy atom. The fourth-order valence-electron chi connectivity index (χ4n) is 2.27. The van der Waals surface area contributed by atoms with E-state index in [1.54, 1.807) is 0 Å². The van der Waals surface area contributed by atoms with Crippen LogP contribution in [0.15, 0.2) is 24.3 Å². The molecule has 3 nitrogen and oxygen atoms in total. The van der Waals surface area contributed by atoms with Crippen LogP contribution in [-0.2, 0) is 14.2 Å². The van der Waals surface area contributed by atoms with Crippen LogP contribution in [0.4, 0.5) is 0 Å². The zero-order valence-corrected chi connectivity index (χ0v) is 11.3. The van der Waals surface area contributed by atoms with Gasteiger partial charge in [-0.2, -0.15) is 0 Å². The van der Waals surface area contributed by atoms with Crippen molar-refractivity contribution in [2.45, 2.75) is 57.5 Å². The Morgan fingerprint density at radius 3 is 3.00 bits per heavy atom.